The van der Waals surface area contributed by atoms with Gasteiger partial charge in [-0.3, -0.25) is 0 Å². The molecular formula is C16H22N2. The topological polar surface area (TPSA) is 30.9 Å². The Balaban J connectivity index is 2.24. The summed E-state index contributed by atoms with van der Waals surface area (Å²) in [5.41, 5.74) is 11.8. The predicted molar refractivity (Wildman–Crippen MR) is 76.9 cm³/mol. The molecule has 0 amide bonds. The maximum absolute atomic E-state index is 5.76. The molecule has 2 aromatic rings. The van der Waals surface area contributed by atoms with Crippen LogP contribution >= 0.6 is 0 Å². The zero-order chi connectivity index (χ0) is 12.5. The molecular weight excluding hydrogens is 220 g/mol. The minimum absolute atomic E-state index is 0.739. The molecule has 0 spiro atoms. The largest absolute Gasteiger partial charge is 0.350 e. The van der Waals surface area contributed by atoms with Crippen LogP contribution < -0.4 is 5.73 Å². The third-order valence-electron chi connectivity index (χ3n) is 4.23. The Morgan fingerprint density at radius 3 is 2.83 bits per heavy atom. The number of nitrogens with zero attached hydrogens (tertiary/aromatic N) is 1. The van der Waals surface area contributed by atoms with E-state index in [9.17, 15) is 0 Å². The monoisotopic (exact) mass is 242 g/mol. The Morgan fingerprint density at radius 1 is 1.17 bits per heavy atom. The van der Waals surface area contributed by atoms with Gasteiger partial charge in [-0.2, -0.15) is 0 Å². The maximum Gasteiger partial charge on any atom is 0.0483 e. The molecule has 18 heavy (non-hydrogen) atoms. The molecule has 0 fully saturated rings. The van der Waals surface area contributed by atoms with Crippen molar-refractivity contribution in [1.29, 1.82) is 0 Å². The zero-order valence-corrected chi connectivity index (χ0v) is 11.2. The van der Waals surface area contributed by atoms with Crippen molar-refractivity contribution in [3.05, 3.63) is 35.0 Å². The van der Waals surface area contributed by atoms with Gasteiger partial charge in [0.15, 0.2) is 0 Å². The number of fused-ring (bicyclic) bond motifs is 3. The van der Waals surface area contributed by atoms with Crippen LogP contribution in [0.25, 0.3) is 10.9 Å². The van der Waals surface area contributed by atoms with Crippen molar-refractivity contribution in [1.82, 2.24) is 4.57 Å². The maximum atomic E-state index is 5.76. The smallest absolute Gasteiger partial charge is 0.0483 e. The van der Waals surface area contributed by atoms with Crippen molar-refractivity contribution in [3.8, 4) is 0 Å². The Kier molecular flexibility index (Phi) is 3.13. The van der Waals surface area contributed by atoms with Crippen LogP contribution in [-0.2, 0) is 26.3 Å². The quantitative estimate of drug-likeness (QED) is 0.806. The molecule has 1 aliphatic rings. The second-order valence-electron chi connectivity index (χ2n) is 5.46. The Hall–Kier alpha value is -1.28. The number of nitrogens with two attached hydrogens (primary N) is 1. The van der Waals surface area contributed by atoms with Gasteiger partial charge in [-0.15, -0.1) is 0 Å². The fourth-order valence-electron chi connectivity index (χ4n) is 3.36. The van der Waals surface area contributed by atoms with Crippen LogP contribution in [-0.4, -0.2) is 11.1 Å². The Morgan fingerprint density at radius 2 is 2.00 bits per heavy atom. The van der Waals surface area contributed by atoms with Gasteiger partial charge in [0.25, 0.3) is 0 Å². The van der Waals surface area contributed by atoms with Gasteiger partial charge in [-0.1, -0.05) is 12.5 Å². The summed E-state index contributed by atoms with van der Waals surface area (Å²) in [5, 5.41) is 1.50. The summed E-state index contributed by atoms with van der Waals surface area (Å²) < 4.78 is 2.26. The number of aromatic nitrogens is 1. The Labute approximate surface area is 109 Å². The molecule has 1 heterocycles. The summed E-state index contributed by atoms with van der Waals surface area (Å²) in [4.78, 5) is 0. The first-order chi connectivity index (χ1) is 8.81. The summed E-state index contributed by atoms with van der Waals surface area (Å²) in [6, 6.07) is 4.63. The van der Waals surface area contributed by atoms with E-state index in [2.05, 4.69) is 29.9 Å². The van der Waals surface area contributed by atoms with E-state index >= 15 is 0 Å². The normalized spacial score (nSPS) is 15.7. The van der Waals surface area contributed by atoms with Gasteiger partial charge in [0.2, 0.25) is 0 Å². The summed E-state index contributed by atoms with van der Waals surface area (Å²) in [6.45, 7) is 0.739. The molecule has 0 atom stereocenters. The lowest BCUT2D eigenvalue weighted by Gasteiger charge is -2.09. The average Bonchev–Trinajstić information content (AvgIpc) is 2.57. The molecule has 2 N–H and O–H groups in total. The second kappa shape index (κ2) is 4.77. The van der Waals surface area contributed by atoms with Crippen LogP contribution in [0.1, 0.15) is 36.0 Å². The van der Waals surface area contributed by atoms with Gasteiger partial charge >= 0.3 is 0 Å². The fourth-order valence-corrected chi connectivity index (χ4v) is 3.36. The summed E-state index contributed by atoms with van der Waals surface area (Å²) >= 11 is 0. The molecule has 2 nitrogen and oxygen atoms in total. The van der Waals surface area contributed by atoms with Crippen LogP contribution in [0.2, 0.25) is 0 Å². The third-order valence-corrected chi connectivity index (χ3v) is 4.23. The van der Waals surface area contributed by atoms with E-state index in [1.165, 1.54) is 48.6 Å². The summed E-state index contributed by atoms with van der Waals surface area (Å²) in [7, 11) is 2.14. The van der Waals surface area contributed by atoms with Crippen LogP contribution in [0, 0.1) is 0 Å². The lowest BCUT2D eigenvalue weighted by molar-refractivity contribution is 0.712. The molecule has 0 saturated carbocycles. The van der Waals surface area contributed by atoms with Gasteiger partial charge in [0.05, 0.1) is 0 Å². The summed E-state index contributed by atoms with van der Waals surface area (Å²) in [5.74, 6) is 0. The van der Waals surface area contributed by atoms with Crippen LogP contribution in [0.4, 0.5) is 0 Å². The van der Waals surface area contributed by atoms with E-state index in [1.807, 2.05) is 0 Å². The number of aryl methyl sites for hydroxylation is 3. The van der Waals surface area contributed by atoms with Crippen LogP contribution in [0.3, 0.4) is 0 Å². The molecule has 3 rings (SSSR count). The molecule has 0 radical (unpaired) electrons. The minimum Gasteiger partial charge on any atom is -0.350 e. The lowest BCUT2D eigenvalue weighted by atomic mass is 9.96. The van der Waals surface area contributed by atoms with Gasteiger partial charge in [0.1, 0.15) is 0 Å². The van der Waals surface area contributed by atoms with E-state index in [0.29, 0.717) is 0 Å². The van der Waals surface area contributed by atoms with Crippen LogP contribution in [0.5, 0.6) is 0 Å². The Bertz CT molecular complexity index is 566. The first-order valence-corrected chi connectivity index (χ1v) is 7.10. The molecule has 1 aromatic heterocycles. The molecule has 2 heteroatoms. The SMILES string of the molecule is Cn1cc(CCN)c2c3c(ccc21)CCCCC3. The number of rotatable bonds is 2. The van der Waals surface area contributed by atoms with E-state index in [4.69, 9.17) is 5.73 Å². The highest BCUT2D eigenvalue weighted by molar-refractivity contribution is 5.88. The van der Waals surface area contributed by atoms with Crippen LogP contribution in [0.15, 0.2) is 18.3 Å². The van der Waals surface area contributed by atoms with Gasteiger partial charge in [-0.05, 0) is 61.4 Å². The molecule has 0 unspecified atom stereocenters. The number of benzene rings is 1. The van der Waals surface area contributed by atoms with Crippen molar-refractivity contribution in [2.24, 2.45) is 12.8 Å². The van der Waals surface area contributed by atoms with Crippen molar-refractivity contribution in [2.75, 3.05) is 6.54 Å². The second-order valence-corrected chi connectivity index (χ2v) is 5.46. The van der Waals surface area contributed by atoms with Crippen molar-refractivity contribution in [3.63, 3.8) is 0 Å². The molecule has 1 aromatic carbocycles. The van der Waals surface area contributed by atoms with E-state index in [-0.39, 0.29) is 0 Å². The van der Waals surface area contributed by atoms with Crippen molar-refractivity contribution < 1.29 is 0 Å². The summed E-state index contributed by atoms with van der Waals surface area (Å²) in [6.07, 6.45) is 9.81. The molecule has 0 saturated heterocycles. The highest BCUT2D eigenvalue weighted by atomic mass is 14.9. The van der Waals surface area contributed by atoms with Gasteiger partial charge in [-0.25, -0.2) is 0 Å². The lowest BCUT2D eigenvalue weighted by Crippen LogP contribution is -2.03. The average molecular weight is 242 g/mol. The number of hydrogen-bond donors (Lipinski definition) is 1. The predicted octanol–water partition coefficient (Wildman–Crippen LogP) is 2.95. The standard InChI is InChI=1S/C16H22N2/c1-18-11-13(9-10-17)16-14-6-4-2-3-5-12(14)7-8-15(16)18/h7-8,11H,2-6,9-10,17H2,1H3. The van der Waals surface area contributed by atoms with E-state index < -0.39 is 0 Å². The highest BCUT2D eigenvalue weighted by Crippen LogP contribution is 2.31. The molecule has 0 aliphatic heterocycles. The highest BCUT2D eigenvalue weighted by Gasteiger charge is 2.15. The van der Waals surface area contributed by atoms with Crippen molar-refractivity contribution in [2.45, 2.75) is 38.5 Å². The fraction of sp³-hybridized carbons (Fsp3) is 0.500. The minimum atomic E-state index is 0.739. The first kappa shape index (κ1) is 11.8. The van der Waals surface area contributed by atoms with E-state index in [1.54, 1.807) is 11.1 Å². The third kappa shape index (κ3) is 1.85. The van der Waals surface area contributed by atoms with E-state index in [0.717, 1.165) is 13.0 Å². The zero-order valence-electron chi connectivity index (χ0n) is 11.2. The molecule has 0 bridgehead atoms. The molecule has 1 aliphatic carbocycles. The number of hydrogen-bond acceptors (Lipinski definition) is 1. The van der Waals surface area contributed by atoms with Gasteiger partial charge < -0.3 is 10.3 Å². The van der Waals surface area contributed by atoms with Crippen molar-refractivity contribution >= 4 is 10.9 Å². The molecule has 96 valence electrons. The first-order valence-electron chi connectivity index (χ1n) is 7.10. The van der Waals surface area contributed by atoms with Gasteiger partial charge in [0, 0.05) is 24.1 Å².